The maximum Gasteiger partial charge on any atom is 0.219 e. The Labute approximate surface area is 185 Å². The van der Waals surface area contributed by atoms with E-state index in [-0.39, 0.29) is 29.8 Å². The second-order valence-electron chi connectivity index (χ2n) is 5.87. The zero-order valence-electron chi connectivity index (χ0n) is 15.6. The molecule has 0 atom stereocenters. The van der Waals surface area contributed by atoms with Gasteiger partial charge in [-0.2, -0.15) is 0 Å². The molecule has 0 amide bonds. The Morgan fingerprint density at radius 2 is 2.00 bits per heavy atom. The summed E-state index contributed by atoms with van der Waals surface area (Å²) in [5, 5.41) is 8.64. The van der Waals surface area contributed by atoms with Crippen LogP contribution in [0.2, 0.25) is 0 Å². The highest BCUT2D eigenvalue weighted by atomic mass is 127. The van der Waals surface area contributed by atoms with Crippen molar-refractivity contribution >= 4 is 41.3 Å². The summed E-state index contributed by atoms with van der Waals surface area (Å²) in [6, 6.07) is 11.7. The number of nitrogens with one attached hydrogen (secondary N) is 2. The van der Waals surface area contributed by atoms with Crippen LogP contribution < -0.4 is 15.4 Å². The quantitative estimate of drug-likeness (QED) is 0.281. The number of rotatable bonds is 6. The fraction of sp³-hybridized carbons (Fsp3) is 0.200. The lowest BCUT2D eigenvalue weighted by Gasteiger charge is -2.12. The largest absolute Gasteiger partial charge is 0.439 e. The van der Waals surface area contributed by atoms with E-state index in [0.29, 0.717) is 18.2 Å². The van der Waals surface area contributed by atoms with Crippen molar-refractivity contribution in [1.29, 1.82) is 0 Å². The van der Waals surface area contributed by atoms with Crippen LogP contribution in [-0.4, -0.2) is 18.0 Å². The van der Waals surface area contributed by atoms with Gasteiger partial charge in [-0.3, -0.25) is 4.99 Å². The molecule has 2 aromatic heterocycles. The van der Waals surface area contributed by atoms with Crippen molar-refractivity contribution in [2.75, 3.05) is 7.05 Å². The first-order valence-corrected chi connectivity index (χ1v) is 9.38. The molecule has 3 aromatic rings. The Kier molecular flexibility index (Phi) is 8.65. The van der Waals surface area contributed by atoms with Gasteiger partial charge < -0.3 is 15.4 Å². The molecule has 0 bridgehead atoms. The van der Waals surface area contributed by atoms with Gasteiger partial charge in [-0.25, -0.2) is 9.37 Å². The molecular weight excluding hydrogens is 490 g/mol. The van der Waals surface area contributed by atoms with E-state index < -0.39 is 0 Å². The lowest BCUT2D eigenvalue weighted by Crippen LogP contribution is -2.36. The molecule has 8 heteroatoms. The number of hydrogen-bond donors (Lipinski definition) is 2. The summed E-state index contributed by atoms with van der Waals surface area (Å²) in [5.41, 5.74) is 2.26. The molecule has 0 radical (unpaired) electrons. The lowest BCUT2D eigenvalue weighted by molar-refractivity contribution is 0.457. The van der Waals surface area contributed by atoms with Crippen LogP contribution in [0.4, 0.5) is 4.39 Å². The van der Waals surface area contributed by atoms with Gasteiger partial charge in [-0.15, -0.1) is 35.3 Å². The number of halogens is 2. The molecule has 0 saturated carbocycles. The SMILES string of the molecule is CN=C(NCc1ccc(Oc2cccc(F)c2)nc1)NCc1sccc1C.I. The number of thiophene rings is 1. The molecule has 2 N–H and O–H groups in total. The number of pyridine rings is 1. The highest BCUT2D eigenvalue weighted by Crippen LogP contribution is 2.20. The summed E-state index contributed by atoms with van der Waals surface area (Å²) >= 11 is 1.73. The van der Waals surface area contributed by atoms with Crippen LogP contribution in [0, 0.1) is 12.7 Å². The van der Waals surface area contributed by atoms with E-state index in [1.807, 2.05) is 6.07 Å². The first-order chi connectivity index (χ1) is 13.1. The van der Waals surface area contributed by atoms with Crippen molar-refractivity contribution in [2.45, 2.75) is 20.0 Å². The van der Waals surface area contributed by atoms with Crippen LogP contribution in [0.1, 0.15) is 16.0 Å². The Morgan fingerprint density at radius 3 is 2.64 bits per heavy atom. The van der Waals surface area contributed by atoms with Crippen LogP contribution in [0.15, 0.2) is 59.0 Å². The van der Waals surface area contributed by atoms with Crippen LogP contribution >= 0.6 is 35.3 Å². The fourth-order valence-electron chi connectivity index (χ4n) is 2.38. The maximum absolute atomic E-state index is 13.2. The number of aromatic nitrogens is 1. The number of nitrogens with zero attached hydrogens (tertiary/aromatic N) is 2. The zero-order valence-corrected chi connectivity index (χ0v) is 18.8. The average Bonchev–Trinajstić information content (AvgIpc) is 3.08. The number of aliphatic imine (C=N–C) groups is 1. The van der Waals surface area contributed by atoms with Crippen LogP contribution in [0.3, 0.4) is 0 Å². The first-order valence-electron chi connectivity index (χ1n) is 8.50. The third kappa shape index (κ3) is 6.45. The molecule has 0 saturated heterocycles. The van der Waals surface area contributed by atoms with Gasteiger partial charge in [0.2, 0.25) is 5.88 Å². The maximum atomic E-state index is 13.2. The summed E-state index contributed by atoms with van der Waals surface area (Å²) in [6.07, 6.45) is 1.72. The Morgan fingerprint density at radius 1 is 1.18 bits per heavy atom. The normalized spacial score (nSPS) is 10.9. The van der Waals surface area contributed by atoms with Gasteiger partial charge in [0, 0.05) is 36.8 Å². The third-order valence-electron chi connectivity index (χ3n) is 3.88. The van der Waals surface area contributed by atoms with Gasteiger partial charge in [-0.1, -0.05) is 12.1 Å². The second-order valence-corrected chi connectivity index (χ2v) is 6.87. The van der Waals surface area contributed by atoms with Crippen LogP contribution in [0.5, 0.6) is 11.6 Å². The number of guanidine groups is 1. The molecular formula is C20H22FIN4OS. The van der Waals surface area contributed by atoms with E-state index in [1.54, 1.807) is 42.8 Å². The minimum absolute atomic E-state index is 0. The fourth-order valence-corrected chi connectivity index (χ4v) is 3.23. The van der Waals surface area contributed by atoms with Gasteiger partial charge in [0.25, 0.3) is 0 Å². The molecule has 5 nitrogen and oxygen atoms in total. The number of aryl methyl sites for hydroxylation is 1. The van der Waals surface area contributed by atoms with Crippen LogP contribution in [0.25, 0.3) is 0 Å². The second kappa shape index (κ2) is 11.0. The summed E-state index contributed by atoms with van der Waals surface area (Å²) in [7, 11) is 1.74. The molecule has 0 fully saturated rings. The molecule has 0 aliphatic heterocycles. The van der Waals surface area contributed by atoms with Crippen molar-refractivity contribution in [1.82, 2.24) is 15.6 Å². The first kappa shape index (κ1) is 22.1. The van der Waals surface area contributed by atoms with Gasteiger partial charge in [0.05, 0.1) is 6.54 Å². The van der Waals surface area contributed by atoms with Crippen molar-refractivity contribution in [3.05, 3.63) is 75.9 Å². The Bertz CT molecular complexity index is 915. The molecule has 148 valence electrons. The summed E-state index contributed by atoms with van der Waals surface area (Å²) < 4.78 is 18.7. The molecule has 28 heavy (non-hydrogen) atoms. The van der Waals surface area contributed by atoms with E-state index >= 15 is 0 Å². The minimum atomic E-state index is -0.343. The Balaban J connectivity index is 0.00000280. The third-order valence-corrected chi connectivity index (χ3v) is 4.91. The average molecular weight is 512 g/mol. The lowest BCUT2D eigenvalue weighted by atomic mass is 10.3. The number of ether oxygens (including phenoxy) is 1. The smallest absolute Gasteiger partial charge is 0.219 e. The minimum Gasteiger partial charge on any atom is -0.439 e. The van der Waals surface area contributed by atoms with E-state index in [9.17, 15) is 4.39 Å². The summed E-state index contributed by atoms with van der Waals surface area (Å²) in [5.74, 6) is 1.22. The molecule has 3 rings (SSSR count). The summed E-state index contributed by atoms with van der Waals surface area (Å²) in [6.45, 7) is 3.42. The zero-order chi connectivity index (χ0) is 19.1. The summed E-state index contributed by atoms with van der Waals surface area (Å²) in [4.78, 5) is 9.78. The Hall–Kier alpha value is -2.20. The van der Waals surface area contributed by atoms with E-state index in [2.05, 4.69) is 39.0 Å². The van der Waals surface area contributed by atoms with Crippen molar-refractivity contribution in [2.24, 2.45) is 4.99 Å². The molecule has 1 aromatic carbocycles. The number of hydrogen-bond acceptors (Lipinski definition) is 4. The van der Waals surface area contributed by atoms with Crippen molar-refractivity contribution in [3.63, 3.8) is 0 Å². The van der Waals surface area contributed by atoms with Gasteiger partial charge in [0.15, 0.2) is 5.96 Å². The number of benzene rings is 1. The van der Waals surface area contributed by atoms with Crippen LogP contribution in [-0.2, 0) is 13.1 Å². The topological polar surface area (TPSA) is 58.5 Å². The predicted molar refractivity (Wildman–Crippen MR) is 122 cm³/mol. The van der Waals surface area contributed by atoms with Crippen molar-refractivity contribution < 1.29 is 9.13 Å². The van der Waals surface area contributed by atoms with Gasteiger partial charge in [-0.05, 0) is 41.6 Å². The van der Waals surface area contributed by atoms with Gasteiger partial charge >= 0.3 is 0 Å². The van der Waals surface area contributed by atoms with E-state index in [0.717, 1.165) is 18.1 Å². The predicted octanol–water partition coefficient (Wildman–Crippen LogP) is 4.87. The molecule has 0 aliphatic carbocycles. The molecule has 0 aliphatic rings. The monoisotopic (exact) mass is 512 g/mol. The van der Waals surface area contributed by atoms with Gasteiger partial charge in [0.1, 0.15) is 11.6 Å². The molecule has 0 spiro atoms. The van der Waals surface area contributed by atoms with E-state index in [1.165, 1.54) is 22.6 Å². The van der Waals surface area contributed by atoms with Crippen molar-refractivity contribution in [3.8, 4) is 11.6 Å². The highest BCUT2D eigenvalue weighted by molar-refractivity contribution is 14.0. The van der Waals surface area contributed by atoms with E-state index in [4.69, 9.17) is 4.74 Å². The standard InChI is InChI=1S/C20H21FN4OS.HI/c1-14-8-9-27-18(14)13-25-20(22-2)24-12-15-6-7-19(23-11-15)26-17-5-3-4-16(21)10-17;/h3-11H,12-13H2,1-2H3,(H2,22,24,25);1H. The molecule has 0 unspecified atom stereocenters. The highest BCUT2D eigenvalue weighted by Gasteiger charge is 2.04. The molecule has 2 heterocycles.